The number of nitrogen functional groups attached to an aromatic ring is 1. The average Bonchev–Trinajstić information content (AvgIpc) is 2.81. The van der Waals surface area contributed by atoms with Gasteiger partial charge in [0.05, 0.1) is 5.56 Å². The van der Waals surface area contributed by atoms with Gasteiger partial charge in [0, 0.05) is 5.92 Å². The number of anilines is 1. The molecule has 0 spiro atoms. The maximum Gasteiger partial charge on any atom is 0.175 e. The molecule has 3 rings (SSSR count). The largest absolute Gasteiger partial charge is 0.380 e. The van der Waals surface area contributed by atoms with Gasteiger partial charge >= 0.3 is 0 Å². The second-order valence-corrected chi connectivity index (χ2v) is 6.96. The molecule has 1 aromatic heterocycles. The maximum atomic E-state index is 6.10. The van der Waals surface area contributed by atoms with Crippen LogP contribution in [0, 0.1) is 12.3 Å². The van der Waals surface area contributed by atoms with Gasteiger partial charge in [-0.25, -0.2) is 0 Å². The van der Waals surface area contributed by atoms with Crippen molar-refractivity contribution >= 4 is 5.82 Å². The van der Waals surface area contributed by atoms with Crippen LogP contribution in [0.5, 0.6) is 0 Å². The Morgan fingerprint density at radius 1 is 1.19 bits per heavy atom. The van der Waals surface area contributed by atoms with Gasteiger partial charge in [0.15, 0.2) is 5.82 Å². The van der Waals surface area contributed by atoms with Gasteiger partial charge in [-0.3, -0.25) is 0 Å². The smallest absolute Gasteiger partial charge is 0.175 e. The molecule has 1 aromatic carbocycles. The topological polar surface area (TPSA) is 52.0 Å². The van der Waals surface area contributed by atoms with Gasteiger partial charge in [-0.05, 0) is 30.7 Å². The van der Waals surface area contributed by atoms with Crippen molar-refractivity contribution in [3.63, 3.8) is 0 Å². The number of nitrogens with two attached hydrogens (primary N) is 1. The van der Waals surface area contributed by atoms with E-state index < -0.39 is 0 Å². The summed E-state index contributed by atoms with van der Waals surface area (Å²) in [6.07, 6.45) is 4.93. The third kappa shape index (κ3) is 2.57. The fourth-order valence-electron chi connectivity index (χ4n) is 3.54. The van der Waals surface area contributed by atoms with Gasteiger partial charge in [0.2, 0.25) is 0 Å². The molecule has 2 aromatic rings. The van der Waals surface area contributed by atoms with Crippen molar-refractivity contribution in [3.05, 3.63) is 35.6 Å². The van der Waals surface area contributed by atoms with E-state index in [2.05, 4.69) is 50.2 Å². The van der Waals surface area contributed by atoms with E-state index in [0.717, 1.165) is 23.3 Å². The Hall–Kier alpha value is -1.77. The number of nitrogens with zero attached hydrogens (tertiary/aromatic N) is 1. The van der Waals surface area contributed by atoms with Gasteiger partial charge in [0.1, 0.15) is 5.76 Å². The van der Waals surface area contributed by atoms with Crippen molar-refractivity contribution in [1.82, 2.24) is 5.16 Å². The summed E-state index contributed by atoms with van der Waals surface area (Å²) in [5.74, 6) is 1.88. The first kappa shape index (κ1) is 14.2. The first-order chi connectivity index (χ1) is 9.99. The summed E-state index contributed by atoms with van der Waals surface area (Å²) in [6.45, 7) is 6.74. The molecule has 0 bridgehead atoms. The first-order valence-corrected chi connectivity index (χ1v) is 7.81. The van der Waals surface area contributed by atoms with Crippen molar-refractivity contribution < 1.29 is 4.52 Å². The van der Waals surface area contributed by atoms with Crippen molar-refractivity contribution in [1.29, 1.82) is 0 Å². The van der Waals surface area contributed by atoms with Gasteiger partial charge < -0.3 is 10.3 Å². The minimum absolute atomic E-state index is 0.240. The SMILES string of the molecule is Cc1ccc(-c2c(N)noc2C2CCCCC2(C)C)cc1. The van der Waals surface area contributed by atoms with Crippen LogP contribution < -0.4 is 5.73 Å². The zero-order valence-corrected chi connectivity index (χ0v) is 13.1. The Bertz CT molecular complexity index is 625. The predicted octanol–water partition coefficient (Wildman–Crippen LogP) is 4.92. The lowest BCUT2D eigenvalue weighted by Crippen LogP contribution is -2.26. The average molecular weight is 284 g/mol. The van der Waals surface area contributed by atoms with Gasteiger partial charge in [-0.15, -0.1) is 0 Å². The van der Waals surface area contributed by atoms with Crippen molar-refractivity contribution in [2.24, 2.45) is 5.41 Å². The van der Waals surface area contributed by atoms with Crippen molar-refractivity contribution in [2.75, 3.05) is 5.73 Å². The summed E-state index contributed by atoms with van der Waals surface area (Å²) in [6, 6.07) is 8.43. The Balaban J connectivity index is 2.06. The lowest BCUT2D eigenvalue weighted by atomic mass is 9.67. The van der Waals surface area contributed by atoms with Crippen LogP contribution in [0.3, 0.4) is 0 Å². The molecule has 0 saturated heterocycles. The van der Waals surface area contributed by atoms with E-state index in [1.165, 1.54) is 24.8 Å². The lowest BCUT2D eigenvalue weighted by Gasteiger charge is -2.37. The minimum atomic E-state index is 0.240. The molecule has 1 heterocycles. The van der Waals surface area contributed by atoms with Crippen LogP contribution in [0.4, 0.5) is 5.82 Å². The molecule has 1 fully saturated rings. The number of rotatable bonds is 2. The van der Waals surface area contributed by atoms with Crippen LogP contribution >= 0.6 is 0 Å². The highest BCUT2D eigenvalue weighted by Gasteiger charge is 2.38. The molecule has 1 unspecified atom stereocenters. The zero-order valence-electron chi connectivity index (χ0n) is 13.1. The Morgan fingerprint density at radius 2 is 1.90 bits per heavy atom. The summed E-state index contributed by atoms with van der Waals surface area (Å²) in [4.78, 5) is 0. The second kappa shape index (κ2) is 5.21. The third-order valence-corrected chi connectivity index (χ3v) is 4.91. The quantitative estimate of drug-likeness (QED) is 0.852. The van der Waals surface area contributed by atoms with E-state index in [4.69, 9.17) is 10.3 Å². The monoisotopic (exact) mass is 284 g/mol. The van der Waals surface area contributed by atoms with Gasteiger partial charge in [-0.2, -0.15) is 0 Å². The van der Waals surface area contributed by atoms with Crippen molar-refractivity contribution in [3.8, 4) is 11.1 Å². The van der Waals surface area contributed by atoms with Crippen molar-refractivity contribution in [2.45, 2.75) is 52.4 Å². The molecule has 3 nitrogen and oxygen atoms in total. The second-order valence-electron chi connectivity index (χ2n) is 6.96. The molecule has 1 aliphatic rings. The fraction of sp³-hybridized carbons (Fsp3) is 0.500. The summed E-state index contributed by atoms with van der Waals surface area (Å²) < 4.78 is 5.68. The molecule has 3 heteroatoms. The highest BCUT2D eigenvalue weighted by atomic mass is 16.5. The molecule has 0 radical (unpaired) electrons. The highest BCUT2D eigenvalue weighted by Crippen LogP contribution is 2.50. The maximum absolute atomic E-state index is 6.10. The molecular formula is C18H24N2O. The normalized spacial score (nSPS) is 21.4. The third-order valence-electron chi connectivity index (χ3n) is 4.91. The molecular weight excluding hydrogens is 260 g/mol. The Kier molecular flexibility index (Phi) is 3.52. The highest BCUT2D eigenvalue weighted by molar-refractivity contribution is 5.76. The molecule has 1 atom stereocenters. The Labute approximate surface area is 126 Å². The Morgan fingerprint density at radius 3 is 2.57 bits per heavy atom. The van der Waals surface area contributed by atoms with Gasteiger partial charge in [-0.1, -0.05) is 61.7 Å². The van der Waals surface area contributed by atoms with E-state index in [1.807, 2.05) is 0 Å². The van der Waals surface area contributed by atoms with Crippen LogP contribution in [-0.2, 0) is 0 Å². The van der Waals surface area contributed by atoms with E-state index in [0.29, 0.717) is 11.7 Å². The molecule has 1 saturated carbocycles. The van der Waals surface area contributed by atoms with Crippen LogP contribution in [0.1, 0.15) is 56.8 Å². The number of aryl methyl sites for hydroxylation is 1. The van der Waals surface area contributed by atoms with Crippen LogP contribution in [0.25, 0.3) is 11.1 Å². The summed E-state index contributed by atoms with van der Waals surface area (Å²) >= 11 is 0. The summed E-state index contributed by atoms with van der Waals surface area (Å²) in [5.41, 5.74) is 9.69. The predicted molar refractivity (Wildman–Crippen MR) is 86.1 cm³/mol. The first-order valence-electron chi connectivity index (χ1n) is 7.81. The fourth-order valence-corrected chi connectivity index (χ4v) is 3.54. The van der Waals surface area contributed by atoms with Gasteiger partial charge in [0.25, 0.3) is 0 Å². The molecule has 112 valence electrons. The van der Waals surface area contributed by atoms with E-state index in [1.54, 1.807) is 0 Å². The van der Waals surface area contributed by atoms with E-state index in [9.17, 15) is 0 Å². The van der Waals surface area contributed by atoms with Crippen LogP contribution in [0.2, 0.25) is 0 Å². The summed E-state index contributed by atoms with van der Waals surface area (Å²) in [7, 11) is 0. The van der Waals surface area contributed by atoms with Crippen LogP contribution in [0.15, 0.2) is 28.8 Å². The number of aromatic nitrogens is 1. The molecule has 1 aliphatic carbocycles. The van der Waals surface area contributed by atoms with E-state index in [-0.39, 0.29) is 5.41 Å². The zero-order chi connectivity index (χ0) is 15.0. The number of hydrogen-bond donors (Lipinski definition) is 1. The molecule has 0 amide bonds. The summed E-state index contributed by atoms with van der Waals surface area (Å²) in [5, 5.41) is 4.06. The van der Waals surface area contributed by atoms with E-state index >= 15 is 0 Å². The molecule has 0 aliphatic heterocycles. The molecule has 21 heavy (non-hydrogen) atoms. The number of hydrogen-bond acceptors (Lipinski definition) is 3. The molecule has 2 N–H and O–H groups in total. The van der Waals surface area contributed by atoms with Crippen LogP contribution in [-0.4, -0.2) is 5.16 Å². The standard InChI is InChI=1S/C18H24N2O/c1-12-7-9-13(10-8-12)15-16(21-20-17(15)19)14-6-4-5-11-18(14,2)3/h7-10,14H,4-6,11H2,1-3H3,(H2,19,20). The lowest BCUT2D eigenvalue weighted by molar-refractivity contribution is 0.169. The minimum Gasteiger partial charge on any atom is -0.380 e. The number of benzene rings is 1.